The summed E-state index contributed by atoms with van der Waals surface area (Å²) in [4.78, 5) is 26.8. The first-order valence-corrected chi connectivity index (χ1v) is 11.4. The molecule has 0 aliphatic heterocycles. The van der Waals surface area contributed by atoms with Crippen molar-refractivity contribution < 1.29 is 28.9 Å². The predicted octanol–water partition coefficient (Wildman–Crippen LogP) is 4.25. The summed E-state index contributed by atoms with van der Waals surface area (Å²) in [6.45, 7) is 1.55. The second-order valence-electron chi connectivity index (χ2n) is 8.09. The largest absolute Gasteiger partial charge is 0.497 e. The minimum absolute atomic E-state index is 0.0156. The van der Waals surface area contributed by atoms with Gasteiger partial charge >= 0.3 is 12.1 Å². The topological polar surface area (TPSA) is 116 Å². The number of nitrogens with zero attached hydrogens (tertiary/aromatic N) is 4. The molecule has 10 heteroatoms. The first-order chi connectivity index (χ1) is 17.9. The first kappa shape index (κ1) is 25.2. The van der Waals surface area contributed by atoms with Crippen LogP contribution < -0.4 is 14.2 Å². The monoisotopic (exact) mass is 502 g/mol. The normalized spacial score (nSPS) is 10.5. The summed E-state index contributed by atoms with van der Waals surface area (Å²) in [6.07, 6.45) is -0.785. The SMILES string of the molecule is COc1ccc(OC(=O)N(CC(=O)O)Cc2cccc(OCc3nn(-c4ccccc4)nc3C)c2)cc1. The van der Waals surface area contributed by atoms with Gasteiger partial charge in [-0.2, -0.15) is 9.90 Å². The Morgan fingerprint density at radius 1 is 0.919 bits per heavy atom. The van der Waals surface area contributed by atoms with E-state index < -0.39 is 18.6 Å². The van der Waals surface area contributed by atoms with Gasteiger partial charge in [0.2, 0.25) is 0 Å². The van der Waals surface area contributed by atoms with Crippen LogP contribution in [0.2, 0.25) is 0 Å². The van der Waals surface area contributed by atoms with E-state index in [1.165, 1.54) is 7.11 Å². The van der Waals surface area contributed by atoms with Gasteiger partial charge in [0.15, 0.2) is 0 Å². The molecule has 1 aromatic heterocycles. The second kappa shape index (κ2) is 11.7. The van der Waals surface area contributed by atoms with Gasteiger partial charge in [-0.25, -0.2) is 4.79 Å². The fraction of sp³-hybridized carbons (Fsp3) is 0.185. The number of amides is 1. The van der Waals surface area contributed by atoms with E-state index in [1.807, 2.05) is 37.3 Å². The van der Waals surface area contributed by atoms with E-state index in [4.69, 9.17) is 14.2 Å². The molecule has 0 saturated heterocycles. The molecule has 4 rings (SSSR count). The molecule has 0 bridgehead atoms. The smallest absolute Gasteiger partial charge is 0.416 e. The number of aromatic nitrogens is 3. The maximum Gasteiger partial charge on any atom is 0.416 e. The average Bonchev–Trinajstić information content (AvgIpc) is 3.28. The van der Waals surface area contributed by atoms with Crippen molar-refractivity contribution in [3.63, 3.8) is 0 Å². The molecule has 1 heterocycles. The molecule has 1 N–H and O–H groups in total. The maximum absolute atomic E-state index is 12.7. The molecule has 190 valence electrons. The number of para-hydroxylation sites is 1. The van der Waals surface area contributed by atoms with Gasteiger partial charge in [0, 0.05) is 6.54 Å². The molecular formula is C27H26N4O6. The number of ether oxygens (including phenoxy) is 3. The molecule has 10 nitrogen and oxygen atoms in total. The minimum atomic E-state index is -1.16. The highest BCUT2D eigenvalue weighted by Crippen LogP contribution is 2.20. The summed E-state index contributed by atoms with van der Waals surface area (Å²) in [7, 11) is 1.53. The number of carbonyl (C=O) groups excluding carboxylic acids is 1. The molecule has 0 fully saturated rings. The Morgan fingerprint density at radius 3 is 2.35 bits per heavy atom. The summed E-state index contributed by atoms with van der Waals surface area (Å²) in [5.41, 5.74) is 2.95. The third-order valence-electron chi connectivity index (χ3n) is 5.36. The van der Waals surface area contributed by atoms with Gasteiger partial charge in [-0.15, -0.1) is 5.10 Å². The van der Waals surface area contributed by atoms with Crippen molar-refractivity contribution in [3.8, 4) is 22.9 Å². The average molecular weight is 503 g/mol. The summed E-state index contributed by atoms with van der Waals surface area (Å²) < 4.78 is 16.4. The summed E-state index contributed by atoms with van der Waals surface area (Å²) in [5, 5.41) is 18.3. The number of aryl methyl sites for hydroxylation is 1. The van der Waals surface area contributed by atoms with E-state index in [9.17, 15) is 14.7 Å². The molecule has 0 spiro atoms. The van der Waals surface area contributed by atoms with Crippen LogP contribution in [0.3, 0.4) is 0 Å². The van der Waals surface area contributed by atoms with Crippen LogP contribution in [0.5, 0.6) is 17.2 Å². The van der Waals surface area contributed by atoms with Gasteiger partial charge in [0.05, 0.1) is 18.5 Å². The second-order valence-corrected chi connectivity index (χ2v) is 8.09. The van der Waals surface area contributed by atoms with Gasteiger partial charge in [0.25, 0.3) is 0 Å². The number of benzene rings is 3. The maximum atomic E-state index is 12.7. The van der Waals surface area contributed by atoms with Gasteiger partial charge in [-0.3, -0.25) is 9.69 Å². The third kappa shape index (κ3) is 6.85. The fourth-order valence-electron chi connectivity index (χ4n) is 3.48. The van der Waals surface area contributed by atoms with E-state index in [0.717, 1.165) is 16.3 Å². The zero-order chi connectivity index (χ0) is 26.2. The van der Waals surface area contributed by atoms with Crippen LogP contribution in [-0.2, 0) is 17.9 Å². The molecule has 0 atom stereocenters. The van der Waals surface area contributed by atoms with Gasteiger partial charge < -0.3 is 19.3 Å². The van der Waals surface area contributed by atoms with Gasteiger partial charge in [0.1, 0.15) is 36.1 Å². The summed E-state index contributed by atoms with van der Waals surface area (Å²) >= 11 is 0. The van der Waals surface area contributed by atoms with E-state index in [1.54, 1.807) is 53.3 Å². The molecule has 0 aliphatic carbocycles. The minimum Gasteiger partial charge on any atom is -0.497 e. The van der Waals surface area contributed by atoms with Crippen LogP contribution in [0.15, 0.2) is 78.9 Å². The van der Waals surface area contributed by atoms with Gasteiger partial charge in [-0.1, -0.05) is 30.3 Å². The molecule has 37 heavy (non-hydrogen) atoms. The van der Waals surface area contributed by atoms with Crippen molar-refractivity contribution in [2.24, 2.45) is 0 Å². The Hall–Kier alpha value is -4.86. The lowest BCUT2D eigenvalue weighted by molar-refractivity contribution is -0.138. The predicted molar refractivity (Wildman–Crippen MR) is 134 cm³/mol. The molecule has 3 aromatic carbocycles. The lowest BCUT2D eigenvalue weighted by Crippen LogP contribution is -2.37. The van der Waals surface area contributed by atoms with Crippen LogP contribution in [0.25, 0.3) is 5.69 Å². The van der Waals surface area contributed by atoms with E-state index >= 15 is 0 Å². The Morgan fingerprint density at radius 2 is 1.65 bits per heavy atom. The van der Waals surface area contributed by atoms with E-state index in [-0.39, 0.29) is 18.9 Å². The van der Waals surface area contributed by atoms with Crippen molar-refractivity contribution in [1.82, 2.24) is 19.9 Å². The molecule has 0 saturated carbocycles. The standard InChI is InChI=1S/C27H26N4O6/c1-19-25(29-31(28-19)21-8-4-3-5-9-21)18-36-24-10-6-7-20(15-24)16-30(17-26(32)33)27(34)37-23-13-11-22(35-2)12-14-23/h3-15H,16-18H2,1-2H3,(H,32,33). The summed E-state index contributed by atoms with van der Waals surface area (Å²) in [6, 6.07) is 23.1. The Kier molecular flexibility index (Phi) is 7.99. The van der Waals surface area contributed by atoms with Crippen LogP contribution in [0, 0.1) is 6.92 Å². The number of carboxylic acids is 1. The van der Waals surface area contributed by atoms with Gasteiger partial charge in [-0.05, 0) is 61.0 Å². The Labute approximate surface area is 213 Å². The highest BCUT2D eigenvalue weighted by atomic mass is 16.6. The van der Waals surface area contributed by atoms with Crippen LogP contribution in [0.4, 0.5) is 4.79 Å². The van der Waals surface area contributed by atoms with E-state index in [0.29, 0.717) is 22.8 Å². The Bertz CT molecular complexity index is 1360. The number of carbonyl (C=O) groups is 2. The van der Waals surface area contributed by atoms with Crippen molar-refractivity contribution in [2.75, 3.05) is 13.7 Å². The number of hydrogen-bond donors (Lipinski definition) is 1. The lowest BCUT2D eigenvalue weighted by Gasteiger charge is -2.20. The van der Waals surface area contributed by atoms with Crippen molar-refractivity contribution in [3.05, 3.63) is 95.8 Å². The number of carboxylic acid groups (broad SMARTS) is 1. The highest BCUT2D eigenvalue weighted by molar-refractivity contribution is 5.78. The lowest BCUT2D eigenvalue weighted by atomic mass is 10.2. The number of methoxy groups -OCH3 is 1. The van der Waals surface area contributed by atoms with E-state index in [2.05, 4.69) is 10.2 Å². The molecule has 0 radical (unpaired) electrons. The van der Waals surface area contributed by atoms with Crippen LogP contribution in [-0.4, -0.2) is 50.7 Å². The number of rotatable bonds is 10. The zero-order valence-electron chi connectivity index (χ0n) is 20.4. The number of aliphatic carboxylic acids is 1. The van der Waals surface area contributed by atoms with Crippen molar-refractivity contribution in [2.45, 2.75) is 20.1 Å². The number of hydrogen-bond acceptors (Lipinski definition) is 7. The van der Waals surface area contributed by atoms with Crippen LogP contribution >= 0.6 is 0 Å². The molecular weight excluding hydrogens is 476 g/mol. The Balaban J connectivity index is 1.42. The van der Waals surface area contributed by atoms with Crippen molar-refractivity contribution >= 4 is 12.1 Å². The first-order valence-electron chi connectivity index (χ1n) is 11.4. The summed E-state index contributed by atoms with van der Waals surface area (Å²) in [5.74, 6) is 0.273. The molecule has 0 aliphatic rings. The van der Waals surface area contributed by atoms with Crippen LogP contribution in [0.1, 0.15) is 17.0 Å². The molecule has 1 amide bonds. The zero-order valence-corrected chi connectivity index (χ0v) is 20.4. The fourth-order valence-corrected chi connectivity index (χ4v) is 3.48. The molecule has 0 unspecified atom stereocenters. The highest BCUT2D eigenvalue weighted by Gasteiger charge is 2.20. The third-order valence-corrected chi connectivity index (χ3v) is 5.36. The quantitative estimate of drug-likeness (QED) is 0.342. The van der Waals surface area contributed by atoms with Crippen molar-refractivity contribution in [1.29, 1.82) is 0 Å². The molecule has 4 aromatic rings.